The quantitative estimate of drug-likeness (QED) is 0.636. The zero-order chi connectivity index (χ0) is 18.3. The molecule has 0 radical (unpaired) electrons. The SMILES string of the molecule is CCNC(=NCC(c1ccc(C)cc1)N1CCOCC1)NC(C)(C)C. The second kappa shape index (κ2) is 9.20. The molecule has 2 N–H and O–H groups in total. The van der Waals surface area contributed by atoms with Crippen molar-refractivity contribution in [2.45, 2.75) is 46.2 Å². The van der Waals surface area contributed by atoms with Crippen LogP contribution in [0.15, 0.2) is 29.3 Å². The van der Waals surface area contributed by atoms with Crippen molar-refractivity contribution >= 4 is 5.96 Å². The van der Waals surface area contributed by atoms with Crippen LogP contribution in [0.5, 0.6) is 0 Å². The number of guanidine groups is 1. The minimum atomic E-state index is -0.0146. The Kier molecular flexibility index (Phi) is 7.26. The van der Waals surface area contributed by atoms with Gasteiger partial charge < -0.3 is 15.4 Å². The highest BCUT2D eigenvalue weighted by Gasteiger charge is 2.23. The molecule has 1 aliphatic heterocycles. The molecule has 1 heterocycles. The van der Waals surface area contributed by atoms with Crippen molar-refractivity contribution in [1.82, 2.24) is 15.5 Å². The second-order valence-electron chi connectivity index (χ2n) is 7.67. The predicted molar refractivity (Wildman–Crippen MR) is 105 cm³/mol. The zero-order valence-corrected chi connectivity index (χ0v) is 16.4. The fourth-order valence-corrected chi connectivity index (χ4v) is 2.95. The van der Waals surface area contributed by atoms with E-state index in [0.29, 0.717) is 0 Å². The Hall–Kier alpha value is -1.59. The minimum absolute atomic E-state index is 0.0146. The average molecular weight is 347 g/mol. The molecular formula is C20H34N4O. The lowest BCUT2D eigenvalue weighted by molar-refractivity contribution is 0.0179. The van der Waals surface area contributed by atoms with Gasteiger partial charge in [-0.2, -0.15) is 0 Å². The fourth-order valence-electron chi connectivity index (χ4n) is 2.95. The van der Waals surface area contributed by atoms with Crippen molar-refractivity contribution in [3.63, 3.8) is 0 Å². The number of nitrogens with zero attached hydrogens (tertiary/aromatic N) is 2. The first-order valence-corrected chi connectivity index (χ1v) is 9.34. The summed E-state index contributed by atoms with van der Waals surface area (Å²) in [6.45, 7) is 15.8. The summed E-state index contributed by atoms with van der Waals surface area (Å²) < 4.78 is 5.53. The molecule has 25 heavy (non-hydrogen) atoms. The van der Waals surface area contributed by atoms with Crippen molar-refractivity contribution in [3.8, 4) is 0 Å². The van der Waals surface area contributed by atoms with Gasteiger partial charge in [0.1, 0.15) is 0 Å². The maximum absolute atomic E-state index is 5.53. The Balaban J connectivity index is 2.18. The molecule has 1 aliphatic rings. The molecule has 0 saturated carbocycles. The number of hydrogen-bond donors (Lipinski definition) is 2. The van der Waals surface area contributed by atoms with E-state index in [9.17, 15) is 0 Å². The van der Waals surface area contributed by atoms with Crippen LogP contribution < -0.4 is 10.6 Å². The molecule has 0 spiro atoms. The zero-order valence-electron chi connectivity index (χ0n) is 16.4. The smallest absolute Gasteiger partial charge is 0.191 e. The number of rotatable bonds is 5. The molecule has 140 valence electrons. The number of aryl methyl sites for hydroxylation is 1. The van der Waals surface area contributed by atoms with Crippen LogP contribution in [0.4, 0.5) is 0 Å². The van der Waals surface area contributed by atoms with Crippen molar-refractivity contribution < 1.29 is 4.74 Å². The van der Waals surface area contributed by atoms with Crippen LogP contribution in [-0.4, -0.2) is 55.8 Å². The Morgan fingerprint density at radius 2 is 1.84 bits per heavy atom. The molecule has 1 saturated heterocycles. The van der Waals surface area contributed by atoms with Crippen LogP contribution in [0.1, 0.15) is 44.9 Å². The van der Waals surface area contributed by atoms with Gasteiger partial charge in [0, 0.05) is 25.2 Å². The van der Waals surface area contributed by atoms with Gasteiger partial charge in [0.25, 0.3) is 0 Å². The summed E-state index contributed by atoms with van der Waals surface area (Å²) in [5, 5.41) is 6.83. The van der Waals surface area contributed by atoms with Crippen molar-refractivity contribution in [2.24, 2.45) is 4.99 Å². The number of hydrogen-bond acceptors (Lipinski definition) is 3. The van der Waals surface area contributed by atoms with Gasteiger partial charge >= 0.3 is 0 Å². The molecule has 1 aromatic carbocycles. The highest BCUT2D eigenvalue weighted by Crippen LogP contribution is 2.23. The average Bonchev–Trinajstić information content (AvgIpc) is 2.56. The summed E-state index contributed by atoms with van der Waals surface area (Å²) >= 11 is 0. The lowest BCUT2D eigenvalue weighted by Gasteiger charge is -2.34. The molecule has 0 bridgehead atoms. The Morgan fingerprint density at radius 1 is 1.20 bits per heavy atom. The van der Waals surface area contributed by atoms with Crippen LogP contribution in [0.2, 0.25) is 0 Å². The van der Waals surface area contributed by atoms with Gasteiger partial charge in [-0.15, -0.1) is 0 Å². The second-order valence-corrected chi connectivity index (χ2v) is 7.67. The van der Waals surface area contributed by atoms with Gasteiger partial charge in [-0.25, -0.2) is 0 Å². The summed E-state index contributed by atoms with van der Waals surface area (Å²) in [5.74, 6) is 0.875. The monoisotopic (exact) mass is 346 g/mol. The number of aliphatic imine (C=N–C) groups is 1. The molecule has 1 atom stereocenters. The summed E-state index contributed by atoms with van der Waals surface area (Å²) in [7, 11) is 0. The van der Waals surface area contributed by atoms with Gasteiger partial charge in [-0.3, -0.25) is 9.89 Å². The van der Waals surface area contributed by atoms with E-state index in [4.69, 9.17) is 9.73 Å². The molecule has 1 unspecified atom stereocenters. The summed E-state index contributed by atoms with van der Waals surface area (Å²) in [5.41, 5.74) is 2.60. The van der Waals surface area contributed by atoms with Crippen molar-refractivity contribution in [3.05, 3.63) is 35.4 Å². The molecule has 5 nitrogen and oxygen atoms in total. The highest BCUT2D eigenvalue weighted by molar-refractivity contribution is 5.80. The maximum atomic E-state index is 5.53. The lowest BCUT2D eigenvalue weighted by Crippen LogP contribution is -2.48. The molecule has 1 fully saturated rings. The van der Waals surface area contributed by atoms with Crippen LogP contribution in [-0.2, 0) is 4.74 Å². The van der Waals surface area contributed by atoms with Gasteiger partial charge in [-0.05, 0) is 40.2 Å². The molecular weight excluding hydrogens is 312 g/mol. The Bertz CT molecular complexity index is 542. The third kappa shape index (κ3) is 6.67. The largest absolute Gasteiger partial charge is 0.379 e. The summed E-state index contributed by atoms with van der Waals surface area (Å²) in [6.07, 6.45) is 0. The van der Waals surface area contributed by atoms with E-state index in [1.165, 1.54) is 11.1 Å². The standard InChI is InChI=1S/C20H34N4O/c1-6-21-19(23-20(3,4)5)22-15-18(24-11-13-25-14-12-24)17-9-7-16(2)8-10-17/h7-10,18H,6,11-15H2,1-5H3,(H2,21,22,23). The lowest BCUT2D eigenvalue weighted by atomic mass is 10.0. The van der Waals surface area contributed by atoms with Crippen LogP contribution in [0.25, 0.3) is 0 Å². The third-order valence-corrected chi connectivity index (χ3v) is 4.21. The van der Waals surface area contributed by atoms with Crippen molar-refractivity contribution in [1.29, 1.82) is 0 Å². The minimum Gasteiger partial charge on any atom is -0.379 e. The number of benzene rings is 1. The van der Waals surface area contributed by atoms with Gasteiger partial charge in [0.05, 0.1) is 25.8 Å². The van der Waals surface area contributed by atoms with Gasteiger partial charge in [-0.1, -0.05) is 29.8 Å². The first-order chi connectivity index (χ1) is 11.9. The van der Waals surface area contributed by atoms with Gasteiger partial charge in [0.15, 0.2) is 5.96 Å². The molecule has 2 rings (SSSR count). The molecule has 0 aliphatic carbocycles. The van der Waals surface area contributed by atoms with E-state index in [2.05, 4.69) is 74.4 Å². The van der Waals surface area contributed by atoms with E-state index >= 15 is 0 Å². The Morgan fingerprint density at radius 3 is 2.40 bits per heavy atom. The topological polar surface area (TPSA) is 48.9 Å². The van der Waals surface area contributed by atoms with E-state index in [1.807, 2.05) is 0 Å². The molecule has 1 aromatic rings. The number of morpholine rings is 1. The normalized spacial score (nSPS) is 18.0. The van der Waals surface area contributed by atoms with E-state index in [0.717, 1.165) is 45.4 Å². The van der Waals surface area contributed by atoms with Gasteiger partial charge in [0.2, 0.25) is 0 Å². The highest BCUT2D eigenvalue weighted by atomic mass is 16.5. The summed E-state index contributed by atoms with van der Waals surface area (Å²) in [6, 6.07) is 9.11. The molecule has 5 heteroatoms. The maximum Gasteiger partial charge on any atom is 0.191 e. The molecule has 0 aromatic heterocycles. The van der Waals surface area contributed by atoms with Crippen LogP contribution in [0.3, 0.4) is 0 Å². The number of ether oxygens (including phenoxy) is 1. The summed E-state index contributed by atoms with van der Waals surface area (Å²) in [4.78, 5) is 7.37. The van der Waals surface area contributed by atoms with Crippen LogP contribution >= 0.6 is 0 Å². The fraction of sp³-hybridized carbons (Fsp3) is 0.650. The first kappa shape index (κ1) is 19.7. The van der Waals surface area contributed by atoms with E-state index in [-0.39, 0.29) is 11.6 Å². The predicted octanol–water partition coefficient (Wildman–Crippen LogP) is 2.72. The number of nitrogens with one attached hydrogen (secondary N) is 2. The first-order valence-electron chi connectivity index (χ1n) is 9.34. The Labute approximate surface area is 152 Å². The van der Waals surface area contributed by atoms with Crippen molar-refractivity contribution in [2.75, 3.05) is 39.4 Å². The van der Waals surface area contributed by atoms with E-state index in [1.54, 1.807) is 0 Å². The van der Waals surface area contributed by atoms with E-state index < -0.39 is 0 Å². The third-order valence-electron chi connectivity index (χ3n) is 4.21. The van der Waals surface area contributed by atoms with Crippen LogP contribution in [0, 0.1) is 6.92 Å². The molecule has 0 amide bonds.